The fraction of sp³-hybridized carbons (Fsp3) is 0.0833. The molecule has 2 aromatic carbocycles. The predicted molar refractivity (Wildman–Crippen MR) is 118 cm³/mol. The molecule has 1 amide bonds. The summed E-state index contributed by atoms with van der Waals surface area (Å²) in [7, 11) is 0. The van der Waals surface area contributed by atoms with Crippen molar-refractivity contribution in [2.24, 2.45) is 0 Å². The Morgan fingerprint density at radius 3 is 2.52 bits per heavy atom. The lowest BCUT2D eigenvalue weighted by Gasteiger charge is -2.17. The van der Waals surface area contributed by atoms with Crippen molar-refractivity contribution in [2.75, 3.05) is 5.32 Å². The summed E-state index contributed by atoms with van der Waals surface area (Å²) in [5.74, 6) is 0.764. The van der Waals surface area contributed by atoms with Gasteiger partial charge in [0.2, 0.25) is 5.91 Å². The van der Waals surface area contributed by atoms with Crippen LogP contribution in [0.25, 0.3) is 11.3 Å². The Morgan fingerprint density at radius 2 is 1.74 bits per heavy atom. The smallest absolute Gasteiger partial charge is 0.267 e. The molecule has 0 radical (unpaired) electrons. The molecule has 2 heterocycles. The van der Waals surface area contributed by atoms with Gasteiger partial charge in [-0.25, -0.2) is 4.68 Å². The normalized spacial score (nSPS) is 11.5. The lowest BCUT2D eigenvalue weighted by Crippen LogP contribution is -2.33. The molecule has 0 bridgehead atoms. The Balaban J connectivity index is 1.57. The third-order valence-electron chi connectivity index (χ3n) is 4.64. The molecule has 0 aliphatic rings. The number of rotatable bonds is 6. The fourth-order valence-electron chi connectivity index (χ4n) is 2.99. The van der Waals surface area contributed by atoms with Crippen LogP contribution in [0.15, 0.2) is 96.1 Å². The quantitative estimate of drug-likeness (QED) is 0.510. The molecule has 1 atom stereocenters. The van der Waals surface area contributed by atoms with E-state index in [0.717, 1.165) is 5.56 Å². The maximum absolute atomic E-state index is 12.9. The van der Waals surface area contributed by atoms with Crippen molar-refractivity contribution in [2.45, 2.75) is 13.0 Å². The molecule has 4 rings (SSSR count). The van der Waals surface area contributed by atoms with E-state index < -0.39 is 6.04 Å². The number of aromatic nitrogens is 3. The third kappa shape index (κ3) is 4.67. The highest BCUT2D eigenvalue weighted by Crippen LogP contribution is 2.29. The van der Waals surface area contributed by atoms with E-state index in [2.05, 4.69) is 15.4 Å². The van der Waals surface area contributed by atoms with Crippen LogP contribution >= 0.6 is 0 Å². The van der Waals surface area contributed by atoms with Crippen molar-refractivity contribution in [1.29, 1.82) is 0 Å². The van der Waals surface area contributed by atoms with Crippen LogP contribution in [0, 0.1) is 0 Å². The second-order valence-corrected chi connectivity index (χ2v) is 6.82. The molecule has 0 saturated heterocycles. The summed E-state index contributed by atoms with van der Waals surface area (Å²) in [4.78, 5) is 29.4. The number of carbonyl (C=O) groups excluding carboxylic acids is 1. The van der Waals surface area contributed by atoms with Gasteiger partial charge >= 0.3 is 0 Å². The van der Waals surface area contributed by atoms with Crippen LogP contribution in [0.1, 0.15) is 13.0 Å². The van der Waals surface area contributed by atoms with Gasteiger partial charge in [0.05, 0.1) is 11.4 Å². The minimum absolute atomic E-state index is 0.371. The maximum atomic E-state index is 12.9. The number of hydrogen-bond donors (Lipinski definition) is 1. The van der Waals surface area contributed by atoms with Gasteiger partial charge < -0.3 is 10.1 Å². The molecular weight excluding hydrogens is 392 g/mol. The minimum atomic E-state index is -0.839. The fourth-order valence-corrected chi connectivity index (χ4v) is 2.99. The van der Waals surface area contributed by atoms with E-state index in [1.165, 1.54) is 10.7 Å². The number of amides is 1. The first-order valence-electron chi connectivity index (χ1n) is 9.75. The van der Waals surface area contributed by atoms with E-state index in [1.807, 2.05) is 42.5 Å². The molecule has 0 spiro atoms. The Morgan fingerprint density at radius 1 is 0.968 bits per heavy atom. The predicted octanol–water partition coefficient (Wildman–Crippen LogP) is 4.30. The number of anilines is 1. The lowest BCUT2D eigenvalue weighted by molar-refractivity contribution is -0.119. The summed E-state index contributed by atoms with van der Waals surface area (Å²) >= 11 is 0. The van der Waals surface area contributed by atoms with Crippen molar-refractivity contribution in [3.05, 3.63) is 102 Å². The van der Waals surface area contributed by atoms with Crippen LogP contribution in [0.5, 0.6) is 11.5 Å². The van der Waals surface area contributed by atoms with Crippen LogP contribution in [0.4, 0.5) is 5.69 Å². The van der Waals surface area contributed by atoms with Crippen LogP contribution in [-0.4, -0.2) is 20.7 Å². The van der Waals surface area contributed by atoms with E-state index >= 15 is 0 Å². The number of pyridine rings is 1. The van der Waals surface area contributed by atoms with E-state index in [1.54, 1.807) is 49.6 Å². The average molecular weight is 412 g/mol. The van der Waals surface area contributed by atoms with Gasteiger partial charge in [0, 0.05) is 24.0 Å². The molecule has 0 fully saturated rings. The second-order valence-electron chi connectivity index (χ2n) is 6.82. The van der Waals surface area contributed by atoms with E-state index in [4.69, 9.17) is 4.74 Å². The number of ether oxygens (including phenoxy) is 1. The zero-order valence-electron chi connectivity index (χ0n) is 16.8. The number of hydrogen-bond acceptors (Lipinski definition) is 5. The standard InChI is InChI=1S/C24H20N4O3/c1-17(28-23(29)14-13-20(27-28)18-8-7-15-25-16-18)24(30)26-21-11-5-6-12-22(21)31-19-9-3-2-4-10-19/h2-17H,1H3,(H,26,30). The third-order valence-corrected chi connectivity index (χ3v) is 4.64. The highest BCUT2D eigenvalue weighted by Gasteiger charge is 2.19. The summed E-state index contributed by atoms with van der Waals surface area (Å²) in [5, 5.41) is 7.21. The Hall–Kier alpha value is -4.26. The van der Waals surface area contributed by atoms with Gasteiger partial charge in [-0.3, -0.25) is 14.6 Å². The maximum Gasteiger partial charge on any atom is 0.267 e. The van der Waals surface area contributed by atoms with Gasteiger partial charge in [0.1, 0.15) is 11.8 Å². The highest BCUT2D eigenvalue weighted by atomic mass is 16.5. The number of nitrogens with zero attached hydrogens (tertiary/aromatic N) is 3. The molecule has 4 aromatic rings. The monoisotopic (exact) mass is 412 g/mol. The summed E-state index contributed by atoms with van der Waals surface area (Å²) in [6, 6.07) is 22.2. The highest BCUT2D eigenvalue weighted by molar-refractivity contribution is 5.94. The van der Waals surface area contributed by atoms with Crippen molar-refractivity contribution in [3.8, 4) is 22.8 Å². The molecule has 1 unspecified atom stereocenters. The number of carbonyl (C=O) groups is 1. The Bertz CT molecular complexity index is 1240. The van der Waals surface area contributed by atoms with Gasteiger partial charge in [-0.1, -0.05) is 30.3 Å². The molecular formula is C24H20N4O3. The van der Waals surface area contributed by atoms with Crippen molar-refractivity contribution < 1.29 is 9.53 Å². The summed E-state index contributed by atoms with van der Waals surface area (Å²) in [6.45, 7) is 1.62. The summed E-state index contributed by atoms with van der Waals surface area (Å²) < 4.78 is 7.06. The van der Waals surface area contributed by atoms with Gasteiger partial charge in [-0.05, 0) is 49.4 Å². The number of nitrogens with one attached hydrogen (secondary N) is 1. The Kier molecular flexibility index (Phi) is 5.84. The molecule has 31 heavy (non-hydrogen) atoms. The van der Waals surface area contributed by atoms with Crippen LogP contribution in [0.3, 0.4) is 0 Å². The van der Waals surface area contributed by atoms with Gasteiger partial charge in [-0.15, -0.1) is 0 Å². The van der Waals surface area contributed by atoms with E-state index in [0.29, 0.717) is 22.9 Å². The Labute approximate surface area is 179 Å². The second kappa shape index (κ2) is 9.04. The van der Waals surface area contributed by atoms with E-state index in [-0.39, 0.29) is 11.5 Å². The zero-order valence-corrected chi connectivity index (χ0v) is 16.8. The van der Waals surface area contributed by atoms with Crippen LogP contribution < -0.4 is 15.6 Å². The molecule has 0 aliphatic carbocycles. The van der Waals surface area contributed by atoms with Crippen molar-refractivity contribution in [3.63, 3.8) is 0 Å². The van der Waals surface area contributed by atoms with Crippen LogP contribution in [0.2, 0.25) is 0 Å². The van der Waals surface area contributed by atoms with Crippen molar-refractivity contribution >= 4 is 11.6 Å². The van der Waals surface area contributed by atoms with Gasteiger partial charge in [0.25, 0.3) is 5.56 Å². The first-order valence-corrected chi connectivity index (χ1v) is 9.75. The van der Waals surface area contributed by atoms with E-state index in [9.17, 15) is 9.59 Å². The molecule has 0 saturated carbocycles. The first kappa shape index (κ1) is 20.0. The lowest BCUT2D eigenvalue weighted by atomic mass is 10.2. The van der Waals surface area contributed by atoms with Crippen LogP contribution in [-0.2, 0) is 4.79 Å². The molecule has 0 aliphatic heterocycles. The molecule has 2 aromatic heterocycles. The first-order chi connectivity index (χ1) is 15.1. The summed E-state index contributed by atoms with van der Waals surface area (Å²) in [5.41, 5.74) is 1.44. The zero-order chi connectivity index (χ0) is 21.6. The molecule has 7 nitrogen and oxygen atoms in total. The van der Waals surface area contributed by atoms with Gasteiger partial charge in [-0.2, -0.15) is 5.10 Å². The van der Waals surface area contributed by atoms with Gasteiger partial charge in [0.15, 0.2) is 5.75 Å². The molecule has 1 N–H and O–H groups in total. The average Bonchev–Trinajstić information content (AvgIpc) is 2.81. The van der Waals surface area contributed by atoms with Crippen molar-refractivity contribution in [1.82, 2.24) is 14.8 Å². The largest absolute Gasteiger partial charge is 0.455 e. The molecule has 7 heteroatoms. The topological polar surface area (TPSA) is 86.1 Å². The molecule has 154 valence electrons. The minimum Gasteiger partial charge on any atom is -0.455 e. The summed E-state index contributed by atoms with van der Waals surface area (Å²) in [6.07, 6.45) is 3.31. The SMILES string of the molecule is CC(C(=O)Nc1ccccc1Oc1ccccc1)n1nc(-c2cccnc2)ccc1=O. The number of benzene rings is 2. The number of para-hydroxylation sites is 3.